The van der Waals surface area contributed by atoms with Crippen LogP contribution in [0.3, 0.4) is 0 Å². The highest BCUT2D eigenvalue weighted by Crippen LogP contribution is 2.08. The van der Waals surface area contributed by atoms with Gasteiger partial charge in [0.15, 0.2) is 0 Å². The van der Waals surface area contributed by atoms with Crippen LogP contribution in [-0.2, 0) is 0 Å². The maximum Gasteiger partial charge on any atom is 0.251 e. The van der Waals surface area contributed by atoms with Crippen LogP contribution in [0, 0.1) is 12.7 Å². The molecule has 1 rings (SSSR count). The van der Waals surface area contributed by atoms with Crippen LogP contribution in [0.1, 0.15) is 22.3 Å². The number of rotatable bonds is 4. The van der Waals surface area contributed by atoms with E-state index in [9.17, 15) is 9.18 Å². The third-order valence-corrected chi connectivity index (χ3v) is 2.10. The number of amides is 1. The van der Waals surface area contributed by atoms with Crippen LogP contribution in [0.25, 0.3) is 0 Å². The first-order valence-electron chi connectivity index (χ1n) is 4.89. The number of halogens is 1. The lowest BCUT2D eigenvalue weighted by Crippen LogP contribution is -2.26. The number of hydrogen-bond donors (Lipinski definition) is 2. The van der Waals surface area contributed by atoms with Crippen LogP contribution >= 0.6 is 0 Å². The van der Waals surface area contributed by atoms with E-state index < -0.39 is 0 Å². The van der Waals surface area contributed by atoms with Gasteiger partial charge in [0, 0.05) is 12.1 Å². The van der Waals surface area contributed by atoms with Crippen molar-refractivity contribution in [2.24, 2.45) is 5.73 Å². The number of carbonyl (C=O) groups is 1. The normalized spacial score (nSPS) is 10.1. The summed E-state index contributed by atoms with van der Waals surface area (Å²) in [4.78, 5) is 11.5. The van der Waals surface area contributed by atoms with E-state index in [0.717, 1.165) is 6.42 Å². The first-order chi connectivity index (χ1) is 7.15. The molecule has 3 N–H and O–H groups in total. The zero-order valence-electron chi connectivity index (χ0n) is 8.72. The number of benzene rings is 1. The topological polar surface area (TPSA) is 55.1 Å². The molecule has 3 nitrogen and oxygen atoms in total. The van der Waals surface area contributed by atoms with Crippen LogP contribution in [0.4, 0.5) is 4.39 Å². The van der Waals surface area contributed by atoms with Crippen LogP contribution in [0.2, 0.25) is 0 Å². The van der Waals surface area contributed by atoms with Gasteiger partial charge in [-0.15, -0.1) is 0 Å². The van der Waals surface area contributed by atoms with E-state index in [-0.39, 0.29) is 11.7 Å². The zero-order valence-corrected chi connectivity index (χ0v) is 8.72. The molecule has 0 aliphatic carbocycles. The fourth-order valence-electron chi connectivity index (χ4n) is 1.14. The summed E-state index contributed by atoms with van der Waals surface area (Å²) in [5.74, 6) is -0.621. The maximum absolute atomic E-state index is 13.1. The monoisotopic (exact) mass is 210 g/mol. The third-order valence-electron chi connectivity index (χ3n) is 2.10. The summed E-state index contributed by atoms with van der Waals surface area (Å²) in [7, 11) is 0. The molecule has 0 aromatic heterocycles. The summed E-state index contributed by atoms with van der Waals surface area (Å²) < 4.78 is 13.1. The fraction of sp³-hybridized carbons (Fsp3) is 0.364. The van der Waals surface area contributed by atoms with Gasteiger partial charge in [0.2, 0.25) is 0 Å². The Bertz CT molecular complexity index is 352. The van der Waals surface area contributed by atoms with Gasteiger partial charge in [0.1, 0.15) is 5.82 Å². The number of nitrogens with one attached hydrogen (secondary N) is 1. The summed E-state index contributed by atoms with van der Waals surface area (Å²) in [6, 6.07) is 4.44. The fourth-order valence-corrected chi connectivity index (χ4v) is 1.14. The Labute approximate surface area is 88.5 Å². The molecule has 0 fully saturated rings. The van der Waals surface area contributed by atoms with E-state index >= 15 is 0 Å². The molecule has 0 saturated heterocycles. The minimum atomic E-state index is -0.360. The average Bonchev–Trinajstić information content (AvgIpc) is 2.22. The van der Waals surface area contributed by atoms with Crippen molar-refractivity contribution in [3.05, 3.63) is 35.1 Å². The molecule has 1 aromatic carbocycles. The number of carbonyl (C=O) groups excluding carboxylic acids is 1. The molecule has 0 aliphatic heterocycles. The molecule has 0 radical (unpaired) electrons. The Balaban J connectivity index is 2.62. The van der Waals surface area contributed by atoms with Crippen LogP contribution in [0.5, 0.6) is 0 Å². The highest BCUT2D eigenvalue weighted by Gasteiger charge is 2.06. The maximum atomic E-state index is 13.1. The number of nitrogens with two attached hydrogens (primary N) is 1. The summed E-state index contributed by atoms with van der Waals surface area (Å²) in [6.07, 6.45) is 0.722. The molecular weight excluding hydrogens is 195 g/mol. The van der Waals surface area contributed by atoms with E-state index in [1.165, 1.54) is 6.07 Å². The second-order valence-electron chi connectivity index (χ2n) is 3.36. The average molecular weight is 210 g/mol. The summed E-state index contributed by atoms with van der Waals surface area (Å²) >= 11 is 0. The van der Waals surface area contributed by atoms with Gasteiger partial charge < -0.3 is 11.1 Å². The molecule has 0 unspecified atom stereocenters. The molecule has 1 amide bonds. The second-order valence-corrected chi connectivity index (χ2v) is 3.36. The van der Waals surface area contributed by atoms with E-state index in [4.69, 9.17) is 5.73 Å². The van der Waals surface area contributed by atoms with Crippen molar-refractivity contribution in [3.8, 4) is 0 Å². The van der Waals surface area contributed by atoms with Crippen molar-refractivity contribution < 1.29 is 9.18 Å². The largest absolute Gasteiger partial charge is 0.352 e. The molecule has 0 saturated carbocycles. The molecule has 82 valence electrons. The molecule has 0 aliphatic rings. The van der Waals surface area contributed by atoms with Crippen LogP contribution in [-0.4, -0.2) is 19.0 Å². The zero-order chi connectivity index (χ0) is 11.3. The lowest BCUT2D eigenvalue weighted by Gasteiger charge is -2.05. The highest BCUT2D eigenvalue weighted by molar-refractivity contribution is 5.94. The Morgan fingerprint density at radius 1 is 1.53 bits per heavy atom. The molecule has 4 heteroatoms. The second kappa shape index (κ2) is 5.46. The highest BCUT2D eigenvalue weighted by atomic mass is 19.1. The van der Waals surface area contributed by atoms with Crippen molar-refractivity contribution in [1.29, 1.82) is 0 Å². The van der Waals surface area contributed by atoms with Crippen LogP contribution < -0.4 is 11.1 Å². The molecule has 15 heavy (non-hydrogen) atoms. The first-order valence-corrected chi connectivity index (χ1v) is 4.89. The predicted octanol–water partition coefficient (Wildman–Crippen LogP) is 1.21. The minimum Gasteiger partial charge on any atom is -0.352 e. The molecule has 0 spiro atoms. The summed E-state index contributed by atoms with van der Waals surface area (Å²) in [5.41, 5.74) is 6.16. The van der Waals surface area contributed by atoms with Crippen LogP contribution in [0.15, 0.2) is 18.2 Å². The Morgan fingerprint density at radius 2 is 2.27 bits per heavy atom. The summed E-state index contributed by atoms with van der Waals surface area (Å²) in [6.45, 7) is 2.71. The van der Waals surface area contributed by atoms with E-state index in [1.54, 1.807) is 19.1 Å². The Hall–Kier alpha value is -1.42. The number of aryl methyl sites for hydroxylation is 1. The van der Waals surface area contributed by atoms with Gasteiger partial charge in [0.05, 0.1) is 0 Å². The SMILES string of the molecule is Cc1ccc(C(=O)NCCCN)cc1F. The third kappa shape index (κ3) is 3.32. The van der Waals surface area contributed by atoms with Gasteiger partial charge in [-0.3, -0.25) is 4.79 Å². The van der Waals surface area contributed by atoms with Gasteiger partial charge in [-0.1, -0.05) is 6.07 Å². The standard InChI is InChI=1S/C11H15FN2O/c1-8-3-4-9(7-10(8)12)11(15)14-6-2-5-13/h3-4,7H,2,5-6,13H2,1H3,(H,14,15). The molecule has 1 aromatic rings. The lowest BCUT2D eigenvalue weighted by molar-refractivity contribution is 0.0953. The van der Waals surface area contributed by atoms with Gasteiger partial charge in [-0.05, 0) is 37.6 Å². The Morgan fingerprint density at radius 3 is 2.87 bits per heavy atom. The van der Waals surface area contributed by atoms with Crippen molar-refractivity contribution in [1.82, 2.24) is 5.32 Å². The Kier molecular flexibility index (Phi) is 4.24. The smallest absolute Gasteiger partial charge is 0.251 e. The number of hydrogen-bond acceptors (Lipinski definition) is 2. The van der Waals surface area contributed by atoms with E-state index in [1.807, 2.05) is 0 Å². The lowest BCUT2D eigenvalue weighted by atomic mass is 10.1. The minimum absolute atomic E-state index is 0.262. The van der Waals surface area contributed by atoms with E-state index in [2.05, 4.69) is 5.32 Å². The first kappa shape index (κ1) is 11.7. The molecular formula is C11H15FN2O. The predicted molar refractivity (Wildman–Crippen MR) is 57.1 cm³/mol. The van der Waals surface area contributed by atoms with E-state index in [0.29, 0.717) is 24.2 Å². The van der Waals surface area contributed by atoms with Gasteiger partial charge in [-0.25, -0.2) is 4.39 Å². The van der Waals surface area contributed by atoms with Crippen molar-refractivity contribution in [2.75, 3.05) is 13.1 Å². The van der Waals surface area contributed by atoms with Crippen molar-refractivity contribution in [3.63, 3.8) is 0 Å². The summed E-state index contributed by atoms with van der Waals surface area (Å²) in [5, 5.41) is 2.66. The molecule has 0 bridgehead atoms. The van der Waals surface area contributed by atoms with Gasteiger partial charge in [-0.2, -0.15) is 0 Å². The van der Waals surface area contributed by atoms with Gasteiger partial charge >= 0.3 is 0 Å². The van der Waals surface area contributed by atoms with Crippen molar-refractivity contribution >= 4 is 5.91 Å². The van der Waals surface area contributed by atoms with Gasteiger partial charge in [0.25, 0.3) is 5.91 Å². The molecule has 0 heterocycles. The quantitative estimate of drug-likeness (QED) is 0.734. The van der Waals surface area contributed by atoms with Crippen molar-refractivity contribution in [2.45, 2.75) is 13.3 Å². The molecule has 0 atom stereocenters.